The Kier molecular flexibility index (Phi) is 4.03. The van der Waals surface area contributed by atoms with Gasteiger partial charge in [-0.25, -0.2) is 9.67 Å². The fraction of sp³-hybridized carbons (Fsp3) is 0.636. The summed E-state index contributed by atoms with van der Waals surface area (Å²) in [5.74, 6) is 1.46. The molecule has 0 aromatic carbocycles. The summed E-state index contributed by atoms with van der Waals surface area (Å²) in [4.78, 5) is 5.31. The molecule has 0 amide bonds. The molecule has 2 aromatic heterocycles. The molecular weight excluding hydrogens is 248 g/mol. The third-order valence-electron chi connectivity index (χ3n) is 2.66. The highest BCUT2D eigenvalue weighted by atomic mass is 32.1. The van der Waals surface area contributed by atoms with Crippen molar-refractivity contribution in [1.29, 1.82) is 0 Å². The van der Waals surface area contributed by atoms with Gasteiger partial charge in [-0.1, -0.05) is 18.3 Å². The summed E-state index contributed by atoms with van der Waals surface area (Å²) in [5, 5.41) is 8.22. The van der Waals surface area contributed by atoms with E-state index in [1.807, 2.05) is 11.6 Å². The number of nitrogens with zero attached hydrogens (tertiary/aromatic N) is 5. The molecule has 1 atom stereocenters. The van der Waals surface area contributed by atoms with Gasteiger partial charge in [-0.05, 0) is 24.4 Å². The molecule has 0 saturated carbocycles. The van der Waals surface area contributed by atoms with Crippen LogP contribution in [-0.4, -0.2) is 24.4 Å². The fourth-order valence-electron chi connectivity index (χ4n) is 1.81. The van der Waals surface area contributed by atoms with Crippen LogP contribution in [0.1, 0.15) is 36.3 Å². The first kappa shape index (κ1) is 13.1. The first-order valence-electron chi connectivity index (χ1n) is 5.99. The molecule has 0 spiro atoms. The molecule has 0 fully saturated rings. The van der Waals surface area contributed by atoms with Crippen LogP contribution < -0.4 is 5.73 Å². The Morgan fingerprint density at radius 2 is 2.22 bits per heavy atom. The zero-order valence-corrected chi connectivity index (χ0v) is 11.7. The molecule has 18 heavy (non-hydrogen) atoms. The lowest BCUT2D eigenvalue weighted by Gasteiger charge is -2.12. The van der Waals surface area contributed by atoms with E-state index in [1.54, 1.807) is 6.33 Å². The van der Waals surface area contributed by atoms with Gasteiger partial charge < -0.3 is 5.73 Å². The first-order chi connectivity index (χ1) is 8.58. The SMILES string of the molecule is Cc1nnsc1C(N)Cc1ncnn1CC(C)C. The Morgan fingerprint density at radius 1 is 1.44 bits per heavy atom. The second-order valence-corrected chi connectivity index (χ2v) is 5.57. The summed E-state index contributed by atoms with van der Waals surface area (Å²) in [6.45, 7) is 7.10. The molecule has 6 nitrogen and oxygen atoms in total. The van der Waals surface area contributed by atoms with Gasteiger partial charge in [0, 0.05) is 19.0 Å². The van der Waals surface area contributed by atoms with Crippen LogP contribution in [0, 0.1) is 12.8 Å². The van der Waals surface area contributed by atoms with E-state index in [2.05, 4.69) is 33.5 Å². The molecule has 0 saturated heterocycles. The molecule has 2 aromatic rings. The van der Waals surface area contributed by atoms with E-state index in [1.165, 1.54) is 11.5 Å². The van der Waals surface area contributed by atoms with Crippen LogP contribution in [0.3, 0.4) is 0 Å². The van der Waals surface area contributed by atoms with Gasteiger partial charge in [-0.2, -0.15) is 5.10 Å². The highest BCUT2D eigenvalue weighted by Crippen LogP contribution is 2.20. The zero-order chi connectivity index (χ0) is 13.1. The molecule has 0 aliphatic heterocycles. The molecule has 7 heteroatoms. The highest BCUT2D eigenvalue weighted by Gasteiger charge is 2.16. The van der Waals surface area contributed by atoms with Gasteiger partial charge in [0.05, 0.1) is 10.6 Å². The van der Waals surface area contributed by atoms with Gasteiger partial charge in [-0.15, -0.1) is 5.10 Å². The average molecular weight is 266 g/mol. The monoisotopic (exact) mass is 266 g/mol. The zero-order valence-electron chi connectivity index (χ0n) is 10.9. The van der Waals surface area contributed by atoms with Crippen molar-refractivity contribution in [1.82, 2.24) is 24.4 Å². The summed E-state index contributed by atoms with van der Waals surface area (Å²) in [6, 6.07) is -0.111. The maximum atomic E-state index is 6.18. The van der Waals surface area contributed by atoms with Crippen molar-refractivity contribution in [3.05, 3.63) is 22.7 Å². The van der Waals surface area contributed by atoms with Crippen molar-refractivity contribution in [3.63, 3.8) is 0 Å². The van der Waals surface area contributed by atoms with Crippen molar-refractivity contribution in [2.45, 2.75) is 39.8 Å². The Labute approximate surface area is 110 Å². The molecule has 2 N–H and O–H groups in total. The highest BCUT2D eigenvalue weighted by molar-refractivity contribution is 7.05. The maximum absolute atomic E-state index is 6.18. The quantitative estimate of drug-likeness (QED) is 0.883. The number of hydrogen-bond donors (Lipinski definition) is 1. The lowest BCUT2D eigenvalue weighted by atomic mass is 10.1. The predicted molar refractivity (Wildman–Crippen MR) is 70.1 cm³/mol. The molecule has 1 unspecified atom stereocenters. The topological polar surface area (TPSA) is 82.5 Å². The maximum Gasteiger partial charge on any atom is 0.138 e. The Balaban J connectivity index is 2.10. The van der Waals surface area contributed by atoms with E-state index in [4.69, 9.17) is 5.73 Å². The van der Waals surface area contributed by atoms with Gasteiger partial charge in [-0.3, -0.25) is 0 Å². The summed E-state index contributed by atoms with van der Waals surface area (Å²) >= 11 is 1.36. The van der Waals surface area contributed by atoms with E-state index >= 15 is 0 Å². The third-order valence-corrected chi connectivity index (χ3v) is 3.62. The Morgan fingerprint density at radius 3 is 2.83 bits per heavy atom. The van der Waals surface area contributed by atoms with Crippen molar-refractivity contribution in [3.8, 4) is 0 Å². The second kappa shape index (κ2) is 5.53. The van der Waals surface area contributed by atoms with Crippen LogP contribution in [-0.2, 0) is 13.0 Å². The molecular formula is C11H18N6S. The van der Waals surface area contributed by atoms with Gasteiger partial charge in [0.15, 0.2) is 0 Å². The minimum absolute atomic E-state index is 0.111. The number of hydrogen-bond acceptors (Lipinski definition) is 6. The van der Waals surface area contributed by atoms with Crippen molar-refractivity contribution in [2.24, 2.45) is 11.7 Å². The van der Waals surface area contributed by atoms with E-state index in [9.17, 15) is 0 Å². The Hall–Kier alpha value is -1.34. The van der Waals surface area contributed by atoms with Crippen molar-refractivity contribution < 1.29 is 0 Å². The van der Waals surface area contributed by atoms with Crippen LogP contribution in [0.25, 0.3) is 0 Å². The number of aromatic nitrogens is 5. The van der Waals surface area contributed by atoms with Crippen LogP contribution in [0.15, 0.2) is 6.33 Å². The molecule has 0 aliphatic rings. The van der Waals surface area contributed by atoms with Crippen LogP contribution in [0.4, 0.5) is 0 Å². The van der Waals surface area contributed by atoms with E-state index < -0.39 is 0 Å². The van der Waals surface area contributed by atoms with Gasteiger partial charge >= 0.3 is 0 Å². The molecule has 98 valence electrons. The Bertz CT molecular complexity index is 503. The standard InChI is InChI=1S/C11H18N6S/c1-7(2)5-17-10(13-6-14-17)4-9(12)11-8(3)15-16-18-11/h6-7,9H,4-5,12H2,1-3H3. The van der Waals surface area contributed by atoms with Crippen molar-refractivity contribution >= 4 is 11.5 Å². The number of nitrogens with two attached hydrogens (primary N) is 1. The lowest BCUT2D eigenvalue weighted by Crippen LogP contribution is -2.18. The molecule has 0 bridgehead atoms. The first-order valence-corrected chi connectivity index (χ1v) is 6.76. The minimum atomic E-state index is -0.111. The van der Waals surface area contributed by atoms with Crippen molar-refractivity contribution in [2.75, 3.05) is 0 Å². The normalized spacial score (nSPS) is 13.2. The number of rotatable bonds is 5. The third kappa shape index (κ3) is 2.91. The summed E-state index contributed by atoms with van der Waals surface area (Å²) in [7, 11) is 0. The lowest BCUT2D eigenvalue weighted by molar-refractivity contribution is 0.459. The van der Waals surface area contributed by atoms with Gasteiger partial charge in [0.2, 0.25) is 0 Å². The molecule has 2 rings (SSSR count). The summed E-state index contributed by atoms with van der Waals surface area (Å²) in [6.07, 6.45) is 2.25. The second-order valence-electron chi connectivity index (χ2n) is 4.79. The van der Waals surface area contributed by atoms with E-state index in [-0.39, 0.29) is 6.04 Å². The number of aryl methyl sites for hydroxylation is 1. The minimum Gasteiger partial charge on any atom is -0.323 e. The summed E-state index contributed by atoms with van der Waals surface area (Å²) in [5.41, 5.74) is 7.09. The van der Waals surface area contributed by atoms with E-state index in [0.717, 1.165) is 22.9 Å². The fourth-order valence-corrected chi connectivity index (χ4v) is 2.45. The molecule has 2 heterocycles. The van der Waals surface area contributed by atoms with Crippen LogP contribution in [0.2, 0.25) is 0 Å². The summed E-state index contributed by atoms with van der Waals surface area (Å²) < 4.78 is 5.84. The molecule has 0 aliphatic carbocycles. The predicted octanol–water partition coefficient (Wildman–Crippen LogP) is 1.34. The molecule has 0 radical (unpaired) electrons. The largest absolute Gasteiger partial charge is 0.323 e. The van der Waals surface area contributed by atoms with Crippen LogP contribution >= 0.6 is 11.5 Å². The average Bonchev–Trinajstić information content (AvgIpc) is 2.88. The smallest absolute Gasteiger partial charge is 0.138 e. The van der Waals surface area contributed by atoms with E-state index in [0.29, 0.717) is 12.3 Å². The van der Waals surface area contributed by atoms with Gasteiger partial charge in [0.1, 0.15) is 12.2 Å². The van der Waals surface area contributed by atoms with Gasteiger partial charge in [0.25, 0.3) is 0 Å². The van der Waals surface area contributed by atoms with Crippen LogP contribution in [0.5, 0.6) is 0 Å².